The Hall–Kier alpha value is -3.12. The van der Waals surface area contributed by atoms with Gasteiger partial charge in [-0.1, -0.05) is 36.4 Å². The second kappa shape index (κ2) is 10.0. The number of hydrogen-bond acceptors (Lipinski definition) is 4. The van der Waals surface area contributed by atoms with Crippen molar-refractivity contribution in [2.24, 2.45) is 0 Å². The third kappa shape index (κ3) is 4.70. The number of carbonyl (C=O) groups is 1. The first-order chi connectivity index (χ1) is 15.6. The molecule has 2 aromatic carbocycles. The standard InChI is InChI=1S/C26H32N4O2/c1-19-23(20(2)30(28-19)21-11-5-4-6-12-21)17-26(31)27-18-24(29-15-9-10-16-29)22-13-7-8-14-25(22)32-3/h4-8,11-14,24H,9-10,15-18H2,1-3H3,(H,27,31). The first-order valence-corrected chi connectivity index (χ1v) is 11.3. The lowest BCUT2D eigenvalue weighted by molar-refractivity contribution is -0.120. The van der Waals surface area contributed by atoms with Gasteiger partial charge in [-0.15, -0.1) is 0 Å². The molecule has 1 aliphatic heterocycles. The number of hydrogen-bond donors (Lipinski definition) is 1. The summed E-state index contributed by atoms with van der Waals surface area (Å²) in [6.45, 7) is 6.64. The fourth-order valence-corrected chi connectivity index (χ4v) is 4.62. The van der Waals surface area contributed by atoms with E-state index in [1.807, 2.05) is 67.1 Å². The van der Waals surface area contributed by atoms with E-state index in [2.05, 4.69) is 21.4 Å². The number of aromatic nitrogens is 2. The predicted molar refractivity (Wildman–Crippen MR) is 126 cm³/mol. The number of ether oxygens (including phenoxy) is 1. The molecule has 1 aromatic heterocycles. The number of amides is 1. The molecule has 32 heavy (non-hydrogen) atoms. The number of rotatable bonds is 8. The van der Waals surface area contributed by atoms with Gasteiger partial charge >= 0.3 is 0 Å². The maximum atomic E-state index is 13.0. The Balaban J connectivity index is 1.48. The molecule has 1 aliphatic rings. The topological polar surface area (TPSA) is 59.4 Å². The molecule has 0 saturated carbocycles. The fraction of sp³-hybridized carbons (Fsp3) is 0.385. The molecule has 1 N–H and O–H groups in total. The third-order valence-corrected chi connectivity index (χ3v) is 6.35. The molecule has 1 amide bonds. The highest BCUT2D eigenvalue weighted by Crippen LogP contribution is 2.31. The number of nitrogens with one attached hydrogen (secondary N) is 1. The molecule has 1 fully saturated rings. The fourth-order valence-electron chi connectivity index (χ4n) is 4.62. The average Bonchev–Trinajstić information content (AvgIpc) is 3.44. The van der Waals surface area contributed by atoms with E-state index < -0.39 is 0 Å². The van der Waals surface area contributed by atoms with Gasteiger partial charge in [0, 0.05) is 23.4 Å². The van der Waals surface area contributed by atoms with Gasteiger partial charge in [0.1, 0.15) is 5.75 Å². The summed E-state index contributed by atoms with van der Waals surface area (Å²) in [7, 11) is 1.70. The first kappa shape index (κ1) is 22.1. The van der Waals surface area contributed by atoms with Crippen molar-refractivity contribution in [2.45, 2.75) is 39.2 Å². The van der Waals surface area contributed by atoms with E-state index in [4.69, 9.17) is 4.74 Å². The Morgan fingerprint density at radius 1 is 1.06 bits per heavy atom. The van der Waals surface area contributed by atoms with Gasteiger partial charge in [0.2, 0.25) is 5.91 Å². The Morgan fingerprint density at radius 2 is 1.75 bits per heavy atom. The van der Waals surface area contributed by atoms with Gasteiger partial charge in [0.25, 0.3) is 0 Å². The lowest BCUT2D eigenvalue weighted by Gasteiger charge is -2.29. The van der Waals surface area contributed by atoms with E-state index in [9.17, 15) is 4.79 Å². The molecule has 0 bridgehead atoms. The number of likely N-dealkylation sites (tertiary alicyclic amines) is 1. The molecule has 1 unspecified atom stereocenters. The minimum absolute atomic E-state index is 0.0166. The number of nitrogens with zero attached hydrogens (tertiary/aromatic N) is 3. The molecule has 1 saturated heterocycles. The summed E-state index contributed by atoms with van der Waals surface area (Å²) in [5, 5.41) is 7.86. The lowest BCUT2D eigenvalue weighted by Crippen LogP contribution is -2.37. The second-order valence-corrected chi connectivity index (χ2v) is 8.38. The van der Waals surface area contributed by atoms with Crippen LogP contribution < -0.4 is 10.1 Å². The van der Waals surface area contributed by atoms with Crippen molar-refractivity contribution < 1.29 is 9.53 Å². The van der Waals surface area contributed by atoms with Gasteiger partial charge in [-0.25, -0.2) is 4.68 Å². The van der Waals surface area contributed by atoms with E-state index in [1.54, 1.807) is 7.11 Å². The number of para-hydroxylation sites is 2. The highest BCUT2D eigenvalue weighted by molar-refractivity contribution is 5.79. The Morgan fingerprint density at radius 3 is 2.47 bits per heavy atom. The Kier molecular flexibility index (Phi) is 6.90. The van der Waals surface area contributed by atoms with Crippen molar-refractivity contribution in [3.05, 3.63) is 77.1 Å². The lowest BCUT2D eigenvalue weighted by atomic mass is 10.0. The molecule has 6 heteroatoms. The number of benzene rings is 2. The van der Waals surface area contributed by atoms with Crippen molar-refractivity contribution >= 4 is 5.91 Å². The van der Waals surface area contributed by atoms with Gasteiger partial charge in [-0.05, 0) is 58.0 Å². The minimum Gasteiger partial charge on any atom is -0.496 e. The number of methoxy groups -OCH3 is 1. The summed E-state index contributed by atoms with van der Waals surface area (Å²) in [5.74, 6) is 0.886. The predicted octanol–water partition coefficient (Wildman–Crippen LogP) is 3.99. The quantitative estimate of drug-likeness (QED) is 0.585. The van der Waals surface area contributed by atoms with Gasteiger partial charge in [0.05, 0.1) is 31.0 Å². The van der Waals surface area contributed by atoms with Crippen LogP contribution in [0.1, 0.15) is 41.4 Å². The highest BCUT2D eigenvalue weighted by atomic mass is 16.5. The first-order valence-electron chi connectivity index (χ1n) is 11.3. The van der Waals surface area contributed by atoms with Gasteiger partial charge < -0.3 is 10.1 Å². The van der Waals surface area contributed by atoms with Crippen LogP contribution in [0.3, 0.4) is 0 Å². The van der Waals surface area contributed by atoms with Crippen molar-refractivity contribution in [2.75, 3.05) is 26.7 Å². The van der Waals surface area contributed by atoms with E-state index in [1.165, 1.54) is 12.8 Å². The molecule has 0 radical (unpaired) electrons. The number of carbonyl (C=O) groups excluding carboxylic acids is 1. The summed E-state index contributed by atoms with van der Waals surface area (Å²) < 4.78 is 7.53. The molecular formula is C26H32N4O2. The Labute approximate surface area is 190 Å². The van der Waals surface area contributed by atoms with Crippen molar-refractivity contribution in [1.29, 1.82) is 0 Å². The van der Waals surface area contributed by atoms with Crippen molar-refractivity contribution in [1.82, 2.24) is 20.0 Å². The molecule has 3 aromatic rings. The third-order valence-electron chi connectivity index (χ3n) is 6.35. The molecule has 0 spiro atoms. The molecule has 0 aliphatic carbocycles. The largest absolute Gasteiger partial charge is 0.496 e. The van der Waals surface area contributed by atoms with Crippen LogP contribution >= 0.6 is 0 Å². The summed E-state index contributed by atoms with van der Waals surface area (Å²) in [6, 6.07) is 18.2. The summed E-state index contributed by atoms with van der Waals surface area (Å²) in [6.07, 6.45) is 2.70. The molecule has 1 atom stereocenters. The van der Waals surface area contributed by atoms with Gasteiger partial charge in [-0.2, -0.15) is 5.10 Å². The summed E-state index contributed by atoms with van der Waals surface area (Å²) in [5.41, 5.74) is 5.01. The number of aryl methyl sites for hydroxylation is 1. The van der Waals surface area contributed by atoms with Crippen LogP contribution in [0.2, 0.25) is 0 Å². The van der Waals surface area contributed by atoms with Crippen LogP contribution in [0.15, 0.2) is 54.6 Å². The molecule has 6 nitrogen and oxygen atoms in total. The smallest absolute Gasteiger partial charge is 0.224 e. The van der Waals surface area contributed by atoms with Crippen molar-refractivity contribution in [3.63, 3.8) is 0 Å². The maximum Gasteiger partial charge on any atom is 0.224 e. The zero-order valence-corrected chi connectivity index (χ0v) is 19.2. The molecule has 4 rings (SSSR count). The molecule has 168 valence electrons. The Bertz CT molecular complexity index is 1050. The molecular weight excluding hydrogens is 400 g/mol. The molecule has 2 heterocycles. The van der Waals surface area contributed by atoms with Gasteiger partial charge in [-0.3, -0.25) is 9.69 Å². The van der Waals surface area contributed by atoms with E-state index >= 15 is 0 Å². The van der Waals surface area contributed by atoms with Crippen LogP contribution in [-0.2, 0) is 11.2 Å². The van der Waals surface area contributed by atoms with E-state index in [-0.39, 0.29) is 11.9 Å². The van der Waals surface area contributed by atoms with Gasteiger partial charge in [0.15, 0.2) is 0 Å². The summed E-state index contributed by atoms with van der Waals surface area (Å²) in [4.78, 5) is 15.4. The van der Waals surface area contributed by atoms with E-state index in [0.717, 1.165) is 47.0 Å². The van der Waals surface area contributed by atoms with Crippen molar-refractivity contribution in [3.8, 4) is 11.4 Å². The van der Waals surface area contributed by atoms with Crippen LogP contribution in [0.5, 0.6) is 5.75 Å². The van der Waals surface area contributed by atoms with Crippen LogP contribution in [0.25, 0.3) is 5.69 Å². The minimum atomic E-state index is 0.0166. The average molecular weight is 433 g/mol. The van der Waals surface area contributed by atoms with Crippen LogP contribution in [0.4, 0.5) is 0 Å². The zero-order valence-electron chi connectivity index (χ0n) is 19.2. The normalized spacial score (nSPS) is 15.0. The summed E-state index contributed by atoms with van der Waals surface area (Å²) >= 11 is 0. The monoisotopic (exact) mass is 432 g/mol. The maximum absolute atomic E-state index is 13.0. The second-order valence-electron chi connectivity index (χ2n) is 8.38. The zero-order chi connectivity index (χ0) is 22.5. The van der Waals surface area contributed by atoms with Crippen LogP contribution in [-0.4, -0.2) is 47.3 Å². The SMILES string of the molecule is COc1ccccc1C(CNC(=O)Cc1c(C)nn(-c2ccccc2)c1C)N1CCCC1. The van der Waals surface area contributed by atoms with E-state index in [0.29, 0.717) is 13.0 Å². The van der Waals surface area contributed by atoms with Crippen LogP contribution in [0, 0.1) is 13.8 Å². The highest BCUT2D eigenvalue weighted by Gasteiger charge is 2.26.